The van der Waals surface area contributed by atoms with Gasteiger partial charge in [-0.05, 0) is 25.0 Å². The number of nitrogens with two attached hydrogens (primary N) is 1. The molecule has 1 aliphatic heterocycles. The quantitative estimate of drug-likeness (QED) is 0.602. The second kappa shape index (κ2) is 6.17. The Labute approximate surface area is 154 Å². The standard InChI is InChI=1S/C19H18N6O2/c20-18(26)17-10-22-19-15-7-12(8-21-16(15)1-4-24(17)19)13-9-23-25(11-13)14-2-5-27-6-3-14/h1,4,7-11,14H,2-3,5-6H2,(H2,20,26). The van der Waals surface area contributed by atoms with Crippen molar-refractivity contribution >= 4 is 22.5 Å². The van der Waals surface area contributed by atoms with Crippen LogP contribution in [0.3, 0.4) is 0 Å². The molecule has 1 saturated heterocycles. The average Bonchev–Trinajstić information content (AvgIpc) is 3.36. The highest BCUT2D eigenvalue weighted by Crippen LogP contribution is 2.27. The first-order chi connectivity index (χ1) is 13.2. The number of carbonyl (C=O) groups excluding carboxylic acids is 1. The van der Waals surface area contributed by atoms with Gasteiger partial charge in [0.2, 0.25) is 0 Å². The predicted octanol–water partition coefficient (Wildman–Crippen LogP) is 2.20. The van der Waals surface area contributed by atoms with Gasteiger partial charge in [-0.25, -0.2) is 4.98 Å². The van der Waals surface area contributed by atoms with Crippen LogP contribution in [0.15, 0.2) is 43.1 Å². The highest BCUT2D eigenvalue weighted by molar-refractivity contribution is 5.98. The third-order valence-corrected chi connectivity index (χ3v) is 5.09. The molecule has 1 fully saturated rings. The van der Waals surface area contributed by atoms with E-state index in [4.69, 9.17) is 10.5 Å². The summed E-state index contributed by atoms with van der Waals surface area (Å²) < 4.78 is 9.14. The zero-order valence-corrected chi connectivity index (χ0v) is 14.6. The van der Waals surface area contributed by atoms with Gasteiger partial charge in [0, 0.05) is 48.3 Å². The van der Waals surface area contributed by atoms with E-state index >= 15 is 0 Å². The molecule has 4 aromatic heterocycles. The molecule has 4 aromatic rings. The van der Waals surface area contributed by atoms with Crippen LogP contribution >= 0.6 is 0 Å². The summed E-state index contributed by atoms with van der Waals surface area (Å²) in [5.41, 5.74) is 9.20. The molecular formula is C19H18N6O2. The van der Waals surface area contributed by atoms with Crippen LogP contribution < -0.4 is 5.73 Å². The van der Waals surface area contributed by atoms with Gasteiger partial charge in [0.15, 0.2) is 0 Å². The average molecular weight is 362 g/mol. The van der Waals surface area contributed by atoms with Gasteiger partial charge in [-0.15, -0.1) is 0 Å². The molecular weight excluding hydrogens is 344 g/mol. The van der Waals surface area contributed by atoms with Crippen molar-refractivity contribution in [3.8, 4) is 11.1 Å². The Bertz CT molecular complexity index is 1160. The third kappa shape index (κ3) is 2.65. The highest BCUT2D eigenvalue weighted by atomic mass is 16.5. The lowest BCUT2D eigenvalue weighted by atomic mass is 10.1. The minimum atomic E-state index is -0.510. The van der Waals surface area contributed by atoms with Crippen LogP contribution in [0.25, 0.3) is 27.7 Å². The fourth-order valence-electron chi connectivity index (χ4n) is 3.62. The first-order valence-corrected chi connectivity index (χ1v) is 8.88. The Balaban J connectivity index is 1.58. The second-order valence-corrected chi connectivity index (χ2v) is 6.73. The minimum Gasteiger partial charge on any atom is -0.381 e. The van der Waals surface area contributed by atoms with Crippen molar-refractivity contribution in [2.75, 3.05) is 13.2 Å². The molecule has 0 aliphatic carbocycles. The number of aromatic nitrogens is 5. The van der Waals surface area contributed by atoms with E-state index in [1.54, 1.807) is 10.6 Å². The molecule has 1 aliphatic rings. The van der Waals surface area contributed by atoms with E-state index in [9.17, 15) is 4.79 Å². The number of primary amides is 1. The number of nitrogens with zero attached hydrogens (tertiary/aromatic N) is 5. The van der Waals surface area contributed by atoms with Crippen molar-refractivity contribution in [2.24, 2.45) is 5.73 Å². The number of imidazole rings is 1. The Kier molecular flexibility index (Phi) is 3.64. The fraction of sp³-hybridized carbons (Fsp3) is 0.263. The SMILES string of the molecule is NC(=O)c1cnc2c3cc(-c4cnn(C5CCOCC5)c4)cnc3ccn12. The molecule has 0 aromatic carbocycles. The maximum absolute atomic E-state index is 11.6. The van der Waals surface area contributed by atoms with Crippen LogP contribution in [0, 0.1) is 0 Å². The van der Waals surface area contributed by atoms with Gasteiger partial charge in [-0.1, -0.05) is 0 Å². The molecule has 8 nitrogen and oxygen atoms in total. The lowest BCUT2D eigenvalue weighted by Gasteiger charge is -2.22. The van der Waals surface area contributed by atoms with Gasteiger partial charge in [0.1, 0.15) is 11.3 Å². The normalized spacial score (nSPS) is 15.6. The lowest BCUT2D eigenvalue weighted by Crippen LogP contribution is -2.19. The number of pyridine rings is 2. The zero-order chi connectivity index (χ0) is 18.4. The molecule has 8 heteroatoms. The summed E-state index contributed by atoms with van der Waals surface area (Å²) in [6.07, 6.45) is 11.0. The number of hydrogen-bond acceptors (Lipinski definition) is 5. The van der Waals surface area contributed by atoms with Gasteiger partial charge in [-0.2, -0.15) is 5.10 Å². The number of fused-ring (bicyclic) bond motifs is 3. The van der Waals surface area contributed by atoms with E-state index in [2.05, 4.69) is 21.3 Å². The summed E-state index contributed by atoms with van der Waals surface area (Å²) in [5.74, 6) is -0.510. The van der Waals surface area contributed by atoms with Crippen LogP contribution in [0.1, 0.15) is 29.4 Å². The molecule has 0 bridgehead atoms. The number of rotatable bonds is 3. The Morgan fingerprint density at radius 3 is 2.81 bits per heavy atom. The summed E-state index contributed by atoms with van der Waals surface area (Å²) >= 11 is 0. The first kappa shape index (κ1) is 16.0. The molecule has 5 heterocycles. The van der Waals surface area contributed by atoms with E-state index in [0.717, 1.165) is 48.1 Å². The van der Waals surface area contributed by atoms with Crippen molar-refractivity contribution in [3.63, 3.8) is 0 Å². The van der Waals surface area contributed by atoms with Crippen molar-refractivity contribution < 1.29 is 9.53 Å². The van der Waals surface area contributed by atoms with Crippen molar-refractivity contribution in [1.29, 1.82) is 0 Å². The minimum absolute atomic E-state index is 0.352. The molecule has 5 rings (SSSR count). The summed E-state index contributed by atoms with van der Waals surface area (Å²) in [5, 5.41) is 5.40. The largest absolute Gasteiger partial charge is 0.381 e. The van der Waals surface area contributed by atoms with E-state index in [1.807, 2.05) is 29.2 Å². The van der Waals surface area contributed by atoms with Gasteiger partial charge >= 0.3 is 0 Å². The van der Waals surface area contributed by atoms with Crippen molar-refractivity contribution in [2.45, 2.75) is 18.9 Å². The van der Waals surface area contributed by atoms with Gasteiger partial charge in [-0.3, -0.25) is 18.9 Å². The van der Waals surface area contributed by atoms with Crippen LogP contribution in [-0.2, 0) is 4.74 Å². The van der Waals surface area contributed by atoms with E-state index in [-0.39, 0.29) is 0 Å². The summed E-state index contributed by atoms with van der Waals surface area (Å²) in [4.78, 5) is 20.5. The Hall–Kier alpha value is -3.26. The van der Waals surface area contributed by atoms with Crippen molar-refractivity contribution in [3.05, 3.63) is 48.8 Å². The fourth-order valence-corrected chi connectivity index (χ4v) is 3.62. The van der Waals surface area contributed by atoms with Crippen molar-refractivity contribution in [1.82, 2.24) is 24.1 Å². The molecule has 0 unspecified atom stereocenters. The molecule has 136 valence electrons. The molecule has 0 atom stereocenters. The Morgan fingerprint density at radius 2 is 2.00 bits per heavy atom. The van der Waals surface area contributed by atoms with Gasteiger partial charge < -0.3 is 10.5 Å². The van der Waals surface area contributed by atoms with Crippen LogP contribution in [-0.4, -0.2) is 43.3 Å². The monoisotopic (exact) mass is 362 g/mol. The first-order valence-electron chi connectivity index (χ1n) is 8.88. The summed E-state index contributed by atoms with van der Waals surface area (Å²) in [7, 11) is 0. The Morgan fingerprint density at radius 1 is 1.15 bits per heavy atom. The zero-order valence-electron chi connectivity index (χ0n) is 14.6. The highest BCUT2D eigenvalue weighted by Gasteiger charge is 2.17. The molecule has 27 heavy (non-hydrogen) atoms. The van der Waals surface area contributed by atoms with E-state index in [0.29, 0.717) is 17.4 Å². The smallest absolute Gasteiger partial charge is 0.267 e. The topological polar surface area (TPSA) is 100 Å². The van der Waals surface area contributed by atoms with Crippen LogP contribution in [0.4, 0.5) is 0 Å². The predicted molar refractivity (Wildman–Crippen MR) is 99.3 cm³/mol. The maximum Gasteiger partial charge on any atom is 0.267 e. The number of hydrogen-bond donors (Lipinski definition) is 1. The molecule has 0 radical (unpaired) electrons. The number of ether oxygens (including phenoxy) is 1. The van der Waals surface area contributed by atoms with E-state index < -0.39 is 5.91 Å². The number of carbonyl (C=O) groups is 1. The molecule has 0 spiro atoms. The molecule has 2 N–H and O–H groups in total. The van der Waals surface area contributed by atoms with E-state index in [1.165, 1.54) is 6.20 Å². The summed E-state index contributed by atoms with van der Waals surface area (Å²) in [6, 6.07) is 4.25. The maximum atomic E-state index is 11.6. The van der Waals surface area contributed by atoms with Crippen LogP contribution in [0.2, 0.25) is 0 Å². The third-order valence-electron chi connectivity index (χ3n) is 5.09. The van der Waals surface area contributed by atoms with Crippen LogP contribution in [0.5, 0.6) is 0 Å². The molecule has 1 amide bonds. The number of amides is 1. The van der Waals surface area contributed by atoms with Gasteiger partial charge in [0.25, 0.3) is 5.91 Å². The van der Waals surface area contributed by atoms with Gasteiger partial charge in [0.05, 0.1) is 24.0 Å². The summed E-state index contributed by atoms with van der Waals surface area (Å²) in [6.45, 7) is 1.55. The second-order valence-electron chi connectivity index (χ2n) is 6.73. The molecule has 0 saturated carbocycles. The lowest BCUT2D eigenvalue weighted by molar-refractivity contribution is 0.0662.